The quantitative estimate of drug-likeness (QED) is 0.420. The lowest BCUT2D eigenvalue weighted by Crippen LogP contribution is -2.31. The van der Waals surface area contributed by atoms with Gasteiger partial charge in [0.15, 0.2) is 5.13 Å². The number of aromatic nitrogens is 1. The van der Waals surface area contributed by atoms with Crippen molar-refractivity contribution in [3.05, 3.63) is 78.0 Å². The molecule has 0 atom stereocenters. The molecule has 2 aromatic carbocycles. The second kappa shape index (κ2) is 8.45. The first-order valence-corrected chi connectivity index (χ1v) is 10.0. The molecule has 5 nitrogen and oxygen atoms in total. The fourth-order valence-corrected chi connectivity index (χ4v) is 3.97. The highest BCUT2D eigenvalue weighted by atomic mass is 32.1. The second-order valence-electron chi connectivity index (χ2n) is 6.42. The second-order valence-corrected chi connectivity index (χ2v) is 7.43. The van der Waals surface area contributed by atoms with Crippen LogP contribution in [0.15, 0.2) is 65.3 Å². The molecular weight excluding hydrogens is 391 g/mol. The molecule has 0 aliphatic rings. The van der Waals surface area contributed by atoms with Crippen molar-refractivity contribution in [2.24, 2.45) is 0 Å². The molecule has 1 amide bonds. The number of fused-ring (bicyclic) bond motifs is 1. The van der Waals surface area contributed by atoms with Crippen molar-refractivity contribution in [2.75, 3.05) is 11.5 Å². The Morgan fingerprint density at radius 1 is 1.21 bits per heavy atom. The largest absolute Gasteiger partial charge is 0.494 e. The molecule has 29 heavy (non-hydrogen) atoms. The Hall–Kier alpha value is -3.19. The molecule has 0 aliphatic carbocycles. The number of ether oxygens (including phenoxy) is 1. The molecule has 0 saturated carbocycles. The van der Waals surface area contributed by atoms with Gasteiger partial charge in [-0.25, -0.2) is 9.37 Å². The van der Waals surface area contributed by atoms with Gasteiger partial charge in [-0.3, -0.25) is 9.69 Å². The van der Waals surface area contributed by atoms with E-state index in [1.807, 2.05) is 31.2 Å². The lowest BCUT2D eigenvalue weighted by molar-refractivity contribution is -0.118. The number of halogens is 1. The number of amides is 1. The Labute approximate surface area is 171 Å². The van der Waals surface area contributed by atoms with Gasteiger partial charge in [-0.15, -0.1) is 0 Å². The molecule has 0 fully saturated rings. The number of anilines is 1. The predicted molar refractivity (Wildman–Crippen MR) is 111 cm³/mol. The van der Waals surface area contributed by atoms with Crippen molar-refractivity contribution in [3.8, 4) is 5.75 Å². The smallest absolute Gasteiger partial charge is 0.233 e. The summed E-state index contributed by atoms with van der Waals surface area (Å²) in [6, 6.07) is 15.2. The number of furan rings is 1. The van der Waals surface area contributed by atoms with Crippen LogP contribution in [0.4, 0.5) is 9.52 Å². The number of carbonyl (C=O) groups is 1. The third-order valence-electron chi connectivity index (χ3n) is 4.35. The van der Waals surface area contributed by atoms with Crippen LogP contribution in [-0.4, -0.2) is 17.5 Å². The molecule has 0 N–H and O–H groups in total. The van der Waals surface area contributed by atoms with Crippen LogP contribution in [0, 0.1) is 5.82 Å². The van der Waals surface area contributed by atoms with Gasteiger partial charge in [-0.2, -0.15) is 0 Å². The Morgan fingerprint density at radius 3 is 2.76 bits per heavy atom. The lowest BCUT2D eigenvalue weighted by Gasteiger charge is -2.18. The van der Waals surface area contributed by atoms with Gasteiger partial charge in [0.2, 0.25) is 5.91 Å². The number of hydrogen-bond acceptors (Lipinski definition) is 5. The maximum absolute atomic E-state index is 13.2. The first-order chi connectivity index (χ1) is 14.1. The Kier molecular flexibility index (Phi) is 5.57. The number of hydrogen-bond donors (Lipinski definition) is 0. The molecule has 0 aliphatic heterocycles. The van der Waals surface area contributed by atoms with Crippen molar-refractivity contribution in [3.63, 3.8) is 0 Å². The normalized spacial score (nSPS) is 11.0. The third kappa shape index (κ3) is 4.46. The summed E-state index contributed by atoms with van der Waals surface area (Å²) >= 11 is 1.42. The van der Waals surface area contributed by atoms with Crippen LogP contribution in [0.2, 0.25) is 0 Å². The minimum absolute atomic E-state index is 0.140. The van der Waals surface area contributed by atoms with Gasteiger partial charge in [-0.05, 0) is 55.0 Å². The van der Waals surface area contributed by atoms with Gasteiger partial charge in [0.05, 0.1) is 36.1 Å². The molecule has 0 saturated heterocycles. The van der Waals surface area contributed by atoms with Crippen molar-refractivity contribution in [2.45, 2.75) is 19.9 Å². The van der Waals surface area contributed by atoms with E-state index in [4.69, 9.17) is 9.15 Å². The van der Waals surface area contributed by atoms with Crippen LogP contribution in [0.5, 0.6) is 5.75 Å². The number of thiazole rings is 1. The fraction of sp³-hybridized carbons (Fsp3) is 0.182. The molecular formula is C22H19FN2O3S. The van der Waals surface area contributed by atoms with Crippen molar-refractivity contribution < 1.29 is 18.3 Å². The number of benzene rings is 2. The molecule has 0 radical (unpaired) electrons. The minimum atomic E-state index is -0.329. The molecule has 4 rings (SSSR count). The van der Waals surface area contributed by atoms with E-state index in [1.54, 1.807) is 29.4 Å². The molecule has 0 unspecified atom stereocenters. The highest BCUT2D eigenvalue weighted by Crippen LogP contribution is 2.32. The van der Waals surface area contributed by atoms with Crippen LogP contribution in [-0.2, 0) is 17.8 Å². The molecule has 2 aromatic heterocycles. The standard InChI is InChI=1S/C22H19FN2O3S/c1-2-27-17-9-10-19-20(13-17)29-22(24-19)25(14-18-4-3-11-28-18)21(26)12-15-5-7-16(23)8-6-15/h3-11,13H,2,12,14H2,1H3. The molecule has 0 spiro atoms. The summed E-state index contributed by atoms with van der Waals surface area (Å²) in [5.41, 5.74) is 1.54. The topological polar surface area (TPSA) is 55.6 Å². The van der Waals surface area contributed by atoms with E-state index in [1.165, 1.54) is 23.5 Å². The molecule has 7 heteroatoms. The van der Waals surface area contributed by atoms with Gasteiger partial charge in [-0.1, -0.05) is 23.5 Å². The fourth-order valence-electron chi connectivity index (χ4n) is 2.96. The number of carbonyl (C=O) groups excluding carboxylic acids is 1. The average molecular weight is 410 g/mol. The zero-order chi connectivity index (χ0) is 20.2. The molecule has 148 valence electrons. The van der Waals surface area contributed by atoms with Crippen LogP contribution in [0.25, 0.3) is 10.2 Å². The number of nitrogens with zero attached hydrogens (tertiary/aromatic N) is 2. The van der Waals surface area contributed by atoms with E-state index in [0.717, 1.165) is 21.5 Å². The van der Waals surface area contributed by atoms with Crippen molar-refractivity contribution >= 4 is 32.6 Å². The third-order valence-corrected chi connectivity index (χ3v) is 5.40. The summed E-state index contributed by atoms with van der Waals surface area (Å²) < 4.78 is 25.1. The highest BCUT2D eigenvalue weighted by Gasteiger charge is 2.22. The molecule has 0 bridgehead atoms. The summed E-state index contributed by atoms with van der Waals surface area (Å²) in [7, 11) is 0. The lowest BCUT2D eigenvalue weighted by atomic mass is 10.1. The van der Waals surface area contributed by atoms with Crippen LogP contribution < -0.4 is 9.64 Å². The van der Waals surface area contributed by atoms with Crippen LogP contribution >= 0.6 is 11.3 Å². The van der Waals surface area contributed by atoms with Gasteiger partial charge in [0, 0.05) is 0 Å². The SMILES string of the molecule is CCOc1ccc2nc(N(Cc3ccco3)C(=O)Cc3ccc(F)cc3)sc2c1. The minimum Gasteiger partial charge on any atom is -0.494 e. The zero-order valence-corrected chi connectivity index (χ0v) is 16.6. The monoisotopic (exact) mass is 410 g/mol. The van der Waals surface area contributed by atoms with Gasteiger partial charge in [0.25, 0.3) is 0 Å². The van der Waals surface area contributed by atoms with E-state index in [9.17, 15) is 9.18 Å². The van der Waals surface area contributed by atoms with Crippen LogP contribution in [0.1, 0.15) is 18.2 Å². The average Bonchev–Trinajstić information content (AvgIpc) is 3.37. The van der Waals surface area contributed by atoms with Gasteiger partial charge < -0.3 is 9.15 Å². The van der Waals surface area contributed by atoms with E-state index in [0.29, 0.717) is 17.5 Å². The van der Waals surface area contributed by atoms with Crippen molar-refractivity contribution in [1.29, 1.82) is 0 Å². The molecule has 4 aromatic rings. The maximum atomic E-state index is 13.2. The first kappa shape index (κ1) is 19.1. The van der Waals surface area contributed by atoms with Crippen molar-refractivity contribution in [1.82, 2.24) is 4.98 Å². The Morgan fingerprint density at radius 2 is 2.03 bits per heavy atom. The van der Waals surface area contributed by atoms with E-state index >= 15 is 0 Å². The number of rotatable bonds is 7. The predicted octanol–water partition coefficient (Wildman–Crippen LogP) is 5.20. The van der Waals surface area contributed by atoms with E-state index in [-0.39, 0.29) is 24.7 Å². The maximum Gasteiger partial charge on any atom is 0.233 e. The summed E-state index contributed by atoms with van der Waals surface area (Å²) in [6.07, 6.45) is 1.71. The van der Waals surface area contributed by atoms with E-state index < -0.39 is 0 Å². The summed E-state index contributed by atoms with van der Waals surface area (Å²) in [5, 5.41) is 0.581. The van der Waals surface area contributed by atoms with Crippen LogP contribution in [0.3, 0.4) is 0 Å². The highest BCUT2D eigenvalue weighted by molar-refractivity contribution is 7.22. The summed E-state index contributed by atoms with van der Waals surface area (Å²) in [5.74, 6) is 0.958. The summed E-state index contributed by atoms with van der Waals surface area (Å²) in [4.78, 5) is 19.3. The Balaban J connectivity index is 1.65. The summed E-state index contributed by atoms with van der Waals surface area (Å²) in [6.45, 7) is 2.78. The zero-order valence-electron chi connectivity index (χ0n) is 15.8. The first-order valence-electron chi connectivity index (χ1n) is 9.23. The molecule has 2 heterocycles. The van der Waals surface area contributed by atoms with Gasteiger partial charge >= 0.3 is 0 Å². The van der Waals surface area contributed by atoms with Gasteiger partial charge in [0.1, 0.15) is 17.3 Å². The Bertz CT molecular complexity index is 1110. The van der Waals surface area contributed by atoms with E-state index in [2.05, 4.69) is 4.98 Å².